The highest BCUT2D eigenvalue weighted by molar-refractivity contribution is 5.92. The maximum atomic E-state index is 12.8. The molecule has 224 valence electrons. The molecule has 0 unspecified atom stereocenters. The van der Waals surface area contributed by atoms with Gasteiger partial charge in [-0.05, 0) is 70.2 Å². The molecule has 2 saturated heterocycles. The third kappa shape index (κ3) is 6.45. The maximum Gasteiger partial charge on any atom is 0.490 e. The number of hydrogen-bond acceptors (Lipinski definition) is 6. The van der Waals surface area contributed by atoms with Crippen LogP contribution in [0.3, 0.4) is 0 Å². The fraction of sp³-hybridized carbons (Fsp3) is 0.567. The smallest absolute Gasteiger partial charge is 0.486 e. The van der Waals surface area contributed by atoms with Gasteiger partial charge in [0, 0.05) is 36.2 Å². The Morgan fingerprint density at radius 3 is 2.12 bits per heavy atom. The summed E-state index contributed by atoms with van der Waals surface area (Å²) >= 11 is 0. The predicted octanol–water partition coefficient (Wildman–Crippen LogP) is 5.26. The number of hydrogen-bond donors (Lipinski definition) is 2. The van der Waals surface area contributed by atoms with Crippen LogP contribution in [-0.2, 0) is 16.8 Å². The number of nitrogens with two attached hydrogens (primary N) is 1. The van der Waals surface area contributed by atoms with Crippen LogP contribution in [0.2, 0.25) is 0 Å². The Balaban J connectivity index is 0.000000493. The van der Waals surface area contributed by atoms with E-state index in [1.165, 1.54) is 24.0 Å². The van der Waals surface area contributed by atoms with E-state index in [9.17, 15) is 18.0 Å². The summed E-state index contributed by atoms with van der Waals surface area (Å²) in [5.41, 5.74) is 9.58. The summed E-state index contributed by atoms with van der Waals surface area (Å²) in [5.74, 6) is -1.63. The molecule has 3 aliphatic heterocycles. The minimum Gasteiger partial charge on any atom is -0.486 e. The lowest BCUT2D eigenvalue weighted by molar-refractivity contribution is -0.192. The third-order valence-corrected chi connectivity index (χ3v) is 9.30. The standard InChI is InChI=1S/C28H38N4O2.C2HF3O2/c1-26(2)22-7-5-6-20(24(22)34-27(26,3)4)19-31-14-10-28(11-15-31)12-16-32(17-13-28)25(33)23-9-8-21(29)18-30-23;3-2(4,5)1(6)7/h5-9,18H,10-17,19,29H2,1-4H3;(H,6,7). The van der Waals surface area contributed by atoms with Crippen molar-refractivity contribution in [3.05, 3.63) is 53.3 Å². The average molecular weight is 577 g/mol. The first-order valence-electron chi connectivity index (χ1n) is 13.9. The minimum atomic E-state index is -5.08. The number of amides is 1. The number of para-hydroxylation sites is 1. The first-order valence-corrected chi connectivity index (χ1v) is 13.9. The molecule has 1 spiro atoms. The topological polar surface area (TPSA) is 109 Å². The van der Waals surface area contributed by atoms with Crippen molar-refractivity contribution in [3.8, 4) is 5.75 Å². The van der Waals surface area contributed by atoms with Crippen LogP contribution in [0.4, 0.5) is 18.9 Å². The summed E-state index contributed by atoms with van der Waals surface area (Å²) in [5, 5.41) is 7.12. The van der Waals surface area contributed by atoms with Crippen molar-refractivity contribution in [1.29, 1.82) is 0 Å². The number of piperidine rings is 2. The number of halogens is 3. The van der Waals surface area contributed by atoms with Crippen molar-refractivity contribution in [3.63, 3.8) is 0 Å². The Labute approximate surface area is 238 Å². The van der Waals surface area contributed by atoms with Gasteiger partial charge in [-0.3, -0.25) is 9.69 Å². The Morgan fingerprint density at radius 1 is 1.00 bits per heavy atom. The number of likely N-dealkylation sites (tertiary alicyclic amines) is 2. The molecule has 1 amide bonds. The molecule has 3 N–H and O–H groups in total. The van der Waals surface area contributed by atoms with Gasteiger partial charge in [-0.1, -0.05) is 32.0 Å². The van der Waals surface area contributed by atoms with Crippen LogP contribution in [0, 0.1) is 5.41 Å². The predicted molar refractivity (Wildman–Crippen MR) is 149 cm³/mol. The monoisotopic (exact) mass is 576 g/mol. The zero-order chi connectivity index (χ0) is 30.2. The van der Waals surface area contributed by atoms with E-state index in [4.69, 9.17) is 20.4 Å². The molecule has 11 heteroatoms. The number of nitrogen functional groups attached to an aromatic ring is 1. The zero-order valence-electron chi connectivity index (χ0n) is 24.1. The number of aromatic nitrogens is 1. The summed E-state index contributed by atoms with van der Waals surface area (Å²) in [7, 11) is 0. The summed E-state index contributed by atoms with van der Waals surface area (Å²) in [4.78, 5) is 30.5. The molecule has 1 aromatic carbocycles. The number of anilines is 1. The number of rotatable bonds is 3. The normalized spacial score (nSPS) is 20.9. The molecule has 2 aromatic rings. The van der Waals surface area contributed by atoms with Gasteiger partial charge in [0.2, 0.25) is 0 Å². The second kappa shape index (κ2) is 11.2. The van der Waals surface area contributed by atoms with E-state index in [1.54, 1.807) is 18.3 Å². The van der Waals surface area contributed by atoms with Gasteiger partial charge < -0.3 is 20.5 Å². The molecule has 0 radical (unpaired) electrons. The number of pyridine rings is 1. The highest BCUT2D eigenvalue weighted by atomic mass is 19.4. The van der Waals surface area contributed by atoms with Crippen molar-refractivity contribution in [1.82, 2.24) is 14.8 Å². The van der Waals surface area contributed by atoms with E-state index in [0.29, 0.717) is 16.8 Å². The van der Waals surface area contributed by atoms with E-state index in [-0.39, 0.29) is 16.9 Å². The van der Waals surface area contributed by atoms with Crippen LogP contribution in [0.15, 0.2) is 36.5 Å². The van der Waals surface area contributed by atoms with Gasteiger partial charge in [-0.2, -0.15) is 13.2 Å². The number of aliphatic carboxylic acids is 1. The molecular formula is C30H39F3N4O4. The van der Waals surface area contributed by atoms with E-state index in [2.05, 4.69) is 55.8 Å². The highest BCUT2D eigenvalue weighted by Gasteiger charge is 2.49. The van der Waals surface area contributed by atoms with Gasteiger partial charge >= 0.3 is 12.1 Å². The highest BCUT2D eigenvalue weighted by Crippen LogP contribution is 2.50. The lowest BCUT2D eigenvalue weighted by Gasteiger charge is -2.47. The number of alkyl halides is 3. The number of benzene rings is 1. The van der Waals surface area contributed by atoms with Crippen molar-refractivity contribution in [2.45, 2.75) is 77.1 Å². The second-order valence-corrected chi connectivity index (χ2v) is 12.4. The van der Waals surface area contributed by atoms with Crippen molar-refractivity contribution in [2.75, 3.05) is 31.9 Å². The summed E-state index contributed by atoms with van der Waals surface area (Å²) in [6.45, 7) is 13.7. The van der Waals surface area contributed by atoms with Crippen LogP contribution >= 0.6 is 0 Å². The zero-order valence-corrected chi connectivity index (χ0v) is 24.1. The summed E-state index contributed by atoms with van der Waals surface area (Å²) < 4.78 is 38.2. The minimum absolute atomic E-state index is 0.00240. The molecule has 41 heavy (non-hydrogen) atoms. The first-order chi connectivity index (χ1) is 19.0. The SMILES string of the molecule is CC1(C)Oc2c(CN3CCC4(CC3)CCN(C(=O)c3ccc(N)cn3)CC4)cccc2C1(C)C.O=C(O)C(F)(F)F. The Bertz CT molecular complexity index is 1260. The van der Waals surface area contributed by atoms with Crippen LogP contribution < -0.4 is 10.5 Å². The molecular weight excluding hydrogens is 537 g/mol. The molecule has 0 aliphatic carbocycles. The fourth-order valence-electron chi connectivity index (χ4n) is 5.83. The second-order valence-electron chi connectivity index (χ2n) is 12.4. The summed E-state index contributed by atoms with van der Waals surface area (Å²) in [6, 6.07) is 10.1. The lowest BCUT2D eigenvalue weighted by Crippen LogP contribution is -2.48. The quantitative estimate of drug-likeness (QED) is 0.513. The van der Waals surface area contributed by atoms with Crippen molar-refractivity contribution in [2.24, 2.45) is 5.41 Å². The van der Waals surface area contributed by atoms with Gasteiger partial charge in [0.15, 0.2) is 0 Å². The van der Waals surface area contributed by atoms with Gasteiger partial charge in [0.1, 0.15) is 17.0 Å². The molecule has 1 aromatic heterocycles. The van der Waals surface area contributed by atoms with Crippen LogP contribution in [0.25, 0.3) is 0 Å². The molecule has 0 bridgehead atoms. The maximum absolute atomic E-state index is 12.8. The van der Waals surface area contributed by atoms with Crippen LogP contribution in [-0.4, -0.2) is 69.7 Å². The first kappa shape index (κ1) is 30.6. The van der Waals surface area contributed by atoms with E-state index in [0.717, 1.165) is 51.3 Å². The van der Waals surface area contributed by atoms with Crippen LogP contribution in [0.5, 0.6) is 5.75 Å². The number of carbonyl (C=O) groups is 2. The number of nitrogens with zero attached hydrogens (tertiary/aromatic N) is 3. The lowest BCUT2D eigenvalue weighted by atomic mass is 9.71. The number of fused-ring (bicyclic) bond motifs is 1. The van der Waals surface area contributed by atoms with Crippen molar-refractivity contribution >= 4 is 17.6 Å². The van der Waals surface area contributed by atoms with Crippen LogP contribution in [0.1, 0.15) is 75.0 Å². The number of ether oxygens (including phenoxy) is 1. The largest absolute Gasteiger partial charge is 0.490 e. The van der Waals surface area contributed by atoms with Gasteiger partial charge in [-0.25, -0.2) is 9.78 Å². The number of carboxylic acids is 1. The fourth-order valence-corrected chi connectivity index (χ4v) is 5.83. The average Bonchev–Trinajstić information content (AvgIpc) is 3.10. The van der Waals surface area contributed by atoms with E-state index < -0.39 is 12.1 Å². The molecule has 0 atom stereocenters. The molecule has 0 saturated carbocycles. The molecule has 8 nitrogen and oxygen atoms in total. The number of carbonyl (C=O) groups excluding carboxylic acids is 1. The third-order valence-electron chi connectivity index (χ3n) is 9.30. The number of carboxylic acid groups (broad SMARTS) is 1. The molecule has 2 fully saturated rings. The van der Waals surface area contributed by atoms with Gasteiger partial charge in [0.25, 0.3) is 5.91 Å². The van der Waals surface area contributed by atoms with Gasteiger partial charge in [-0.15, -0.1) is 0 Å². The Hall–Kier alpha value is -3.34. The van der Waals surface area contributed by atoms with Crippen molar-refractivity contribution < 1.29 is 32.6 Å². The Kier molecular flexibility index (Phi) is 8.33. The van der Waals surface area contributed by atoms with E-state index >= 15 is 0 Å². The van der Waals surface area contributed by atoms with Gasteiger partial charge in [0.05, 0.1) is 11.9 Å². The molecule has 5 rings (SSSR count). The Morgan fingerprint density at radius 2 is 1.59 bits per heavy atom. The summed E-state index contributed by atoms with van der Waals surface area (Å²) in [6.07, 6.45) is 1.02. The molecule has 3 aliphatic rings. The molecule has 4 heterocycles. The van der Waals surface area contributed by atoms with E-state index in [1.807, 2.05) is 4.90 Å².